The summed E-state index contributed by atoms with van der Waals surface area (Å²) in [5.41, 5.74) is 4.19. The summed E-state index contributed by atoms with van der Waals surface area (Å²) in [6, 6.07) is 16.4. The summed E-state index contributed by atoms with van der Waals surface area (Å²) in [5.74, 6) is 0.700. The fraction of sp³-hybridized carbons (Fsp3) is 0.278. The Kier molecular flexibility index (Phi) is 3.82. The van der Waals surface area contributed by atoms with Gasteiger partial charge in [0.05, 0.1) is 0 Å². The van der Waals surface area contributed by atoms with E-state index in [0.29, 0.717) is 5.89 Å². The van der Waals surface area contributed by atoms with E-state index in [1.807, 2.05) is 36.4 Å². The Labute approximate surface area is 119 Å². The van der Waals surface area contributed by atoms with Crippen LogP contribution >= 0.6 is 0 Å². The Morgan fingerprint density at radius 3 is 2.65 bits per heavy atom. The highest BCUT2D eigenvalue weighted by Gasteiger charge is 2.08. The molecule has 0 bridgehead atoms. The molecule has 102 valence electrons. The molecule has 3 rings (SSSR count). The van der Waals surface area contributed by atoms with Crippen LogP contribution in [0.3, 0.4) is 0 Å². The van der Waals surface area contributed by atoms with Crippen LogP contribution in [-0.2, 0) is 6.42 Å². The van der Waals surface area contributed by atoms with E-state index in [-0.39, 0.29) is 0 Å². The SMILES string of the molecule is CCCCCc1ccc2o[13c](-c3ccccc3)nc2c1. The van der Waals surface area contributed by atoms with Gasteiger partial charge >= 0.3 is 0 Å². The number of unbranched alkanes of at least 4 members (excludes halogenated alkanes) is 2. The van der Waals surface area contributed by atoms with Crippen LogP contribution in [0.2, 0.25) is 0 Å². The first-order chi connectivity index (χ1) is 9.86. The minimum absolute atomic E-state index is 0.700. The van der Waals surface area contributed by atoms with Gasteiger partial charge in [0, 0.05) is 5.56 Å². The Morgan fingerprint density at radius 1 is 1.00 bits per heavy atom. The molecule has 0 aliphatic heterocycles. The lowest BCUT2D eigenvalue weighted by atomic mass is 10.1. The first-order valence-electron chi connectivity index (χ1n) is 7.31. The summed E-state index contributed by atoms with van der Waals surface area (Å²) in [7, 11) is 0. The molecule has 20 heavy (non-hydrogen) atoms. The van der Waals surface area contributed by atoms with Gasteiger partial charge in [-0.15, -0.1) is 0 Å². The van der Waals surface area contributed by atoms with E-state index in [4.69, 9.17) is 4.42 Å². The summed E-state index contributed by atoms with van der Waals surface area (Å²) in [6.45, 7) is 2.23. The maximum absolute atomic E-state index is 5.82. The number of aromatic nitrogens is 1. The third-order valence-electron chi connectivity index (χ3n) is 3.54. The minimum atomic E-state index is 0.700. The topological polar surface area (TPSA) is 26.0 Å². The Hall–Kier alpha value is -2.09. The molecular formula is C18H19NO. The van der Waals surface area contributed by atoms with E-state index in [1.165, 1.54) is 24.8 Å². The van der Waals surface area contributed by atoms with Crippen LogP contribution < -0.4 is 0 Å². The molecule has 2 nitrogen and oxygen atoms in total. The number of fused-ring (bicyclic) bond motifs is 1. The zero-order valence-electron chi connectivity index (χ0n) is 11.8. The fourth-order valence-electron chi connectivity index (χ4n) is 2.41. The summed E-state index contributed by atoms with van der Waals surface area (Å²) >= 11 is 0. The van der Waals surface area contributed by atoms with Gasteiger partial charge in [0.25, 0.3) is 0 Å². The molecule has 0 unspecified atom stereocenters. The van der Waals surface area contributed by atoms with Gasteiger partial charge in [-0.2, -0.15) is 0 Å². The molecular weight excluding hydrogens is 247 g/mol. The molecule has 0 amide bonds. The fourth-order valence-corrected chi connectivity index (χ4v) is 2.41. The molecule has 0 fully saturated rings. The van der Waals surface area contributed by atoms with Crippen LogP contribution in [0.4, 0.5) is 0 Å². The van der Waals surface area contributed by atoms with Crippen molar-refractivity contribution in [1.82, 2.24) is 4.98 Å². The van der Waals surface area contributed by atoms with E-state index >= 15 is 0 Å². The van der Waals surface area contributed by atoms with Gasteiger partial charge in [0.1, 0.15) is 5.52 Å². The zero-order valence-corrected chi connectivity index (χ0v) is 11.8. The second-order valence-corrected chi connectivity index (χ2v) is 5.14. The second-order valence-electron chi connectivity index (χ2n) is 5.14. The molecule has 0 aliphatic rings. The predicted octanol–water partition coefficient (Wildman–Crippen LogP) is 5.23. The molecule has 0 aliphatic carbocycles. The quantitative estimate of drug-likeness (QED) is 0.591. The third-order valence-corrected chi connectivity index (χ3v) is 3.54. The molecule has 0 radical (unpaired) electrons. The van der Waals surface area contributed by atoms with E-state index in [9.17, 15) is 0 Å². The smallest absolute Gasteiger partial charge is 0.227 e. The van der Waals surface area contributed by atoms with E-state index < -0.39 is 0 Å². The standard InChI is InChI=1S/C18H19NO/c1-2-3-5-8-14-11-12-17-16(13-14)19-18(20-17)15-9-6-4-7-10-15/h4,6-7,9-13H,2-3,5,8H2,1H3/i18+1. The maximum Gasteiger partial charge on any atom is 0.227 e. The third kappa shape index (κ3) is 2.74. The van der Waals surface area contributed by atoms with Gasteiger partial charge in [-0.25, -0.2) is 4.98 Å². The average molecular weight is 266 g/mol. The van der Waals surface area contributed by atoms with E-state index in [1.54, 1.807) is 0 Å². The first kappa shape index (κ1) is 12.9. The van der Waals surface area contributed by atoms with E-state index in [2.05, 4.69) is 24.0 Å². The molecule has 0 N–H and O–H groups in total. The first-order valence-corrected chi connectivity index (χ1v) is 7.31. The predicted molar refractivity (Wildman–Crippen MR) is 82.7 cm³/mol. The van der Waals surface area contributed by atoms with Gasteiger partial charge in [0.2, 0.25) is 5.89 Å². The lowest BCUT2D eigenvalue weighted by Gasteiger charge is -1.99. The Balaban J connectivity index is 1.88. The van der Waals surface area contributed by atoms with Crippen molar-refractivity contribution in [3.63, 3.8) is 0 Å². The summed E-state index contributed by atoms with van der Waals surface area (Å²) in [4.78, 5) is 4.61. The molecule has 1 heterocycles. The molecule has 0 saturated carbocycles. The van der Waals surface area contributed by atoms with Crippen molar-refractivity contribution in [1.29, 1.82) is 0 Å². The normalized spacial score (nSPS) is 11.1. The van der Waals surface area contributed by atoms with Gasteiger partial charge < -0.3 is 4.42 Å². The molecule has 2 heteroatoms. The van der Waals surface area contributed by atoms with Gasteiger partial charge in [0.15, 0.2) is 5.58 Å². The highest BCUT2D eigenvalue weighted by atomic mass is 16.4. The summed E-state index contributed by atoms with van der Waals surface area (Å²) in [6.07, 6.45) is 4.90. The van der Waals surface area contributed by atoms with Crippen LogP contribution in [0.1, 0.15) is 31.7 Å². The Morgan fingerprint density at radius 2 is 1.85 bits per heavy atom. The lowest BCUT2D eigenvalue weighted by Crippen LogP contribution is -1.85. The summed E-state index contributed by atoms with van der Waals surface area (Å²) < 4.78 is 5.82. The van der Waals surface area contributed by atoms with Crippen LogP contribution in [0.5, 0.6) is 0 Å². The zero-order chi connectivity index (χ0) is 13.8. The van der Waals surface area contributed by atoms with Crippen molar-refractivity contribution >= 4 is 11.1 Å². The van der Waals surface area contributed by atoms with Crippen LogP contribution in [-0.4, -0.2) is 4.98 Å². The molecule has 3 aromatic rings. The van der Waals surface area contributed by atoms with Crippen molar-refractivity contribution in [2.75, 3.05) is 0 Å². The number of nitrogens with zero attached hydrogens (tertiary/aromatic N) is 1. The van der Waals surface area contributed by atoms with Crippen molar-refractivity contribution in [2.45, 2.75) is 32.6 Å². The minimum Gasteiger partial charge on any atom is -0.436 e. The van der Waals surface area contributed by atoms with Crippen molar-refractivity contribution in [3.8, 4) is 11.5 Å². The monoisotopic (exact) mass is 266 g/mol. The highest BCUT2D eigenvalue weighted by molar-refractivity contribution is 5.76. The molecule has 2 aromatic carbocycles. The molecule has 0 saturated heterocycles. The maximum atomic E-state index is 5.82. The number of aryl methyl sites for hydroxylation is 1. The van der Waals surface area contributed by atoms with Gasteiger partial charge in [-0.05, 0) is 42.7 Å². The van der Waals surface area contributed by atoms with Crippen LogP contribution in [0.25, 0.3) is 22.6 Å². The molecule has 1 aromatic heterocycles. The van der Waals surface area contributed by atoms with Crippen LogP contribution in [0, 0.1) is 0 Å². The number of rotatable bonds is 5. The largest absolute Gasteiger partial charge is 0.436 e. The highest BCUT2D eigenvalue weighted by Crippen LogP contribution is 2.25. The summed E-state index contributed by atoms with van der Waals surface area (Å²) in [5, 5.41) is 0. The van der Waals surface area contributed by atoms with Gasteiger partial charge in [-0.3, -0.25) is 0 Å². The van der Waals surface area contributed by atoms with Crippen LogP contribution in [0.15, 0.2) is 52.9 Å². The Bertz CT molecular complexity index is 685. The lowest BCUT2D eigenvalue weighted by molar-refractivity contribution is 0.619. The molecule has 0 atom stereocenters. The second kappa shape index (κ2) is 5.91. The molecule has 0 spiro atoms. The number of hydrogen-bond acceptors (Lipinski definition) is 2. The number of hydrogen-bond donors (Lipinski definition) is 0. The van der Waals surface area contributed by atoms with Crippen molar-refractivity contribution in [3.05, 3.63) is 54.1 Å². The number of benzene rings is 2. The van der Waals surface area contributed by atoms with Gasteiger partial charge in [-0.1, -0.05) is 44.0 Å². The van der Waals surface area contributed by atoms with Crippen molar-refractivity contribution in [2.24, 2.45) is 0 Å². The average Bonchev–Trinajstić information content (AvgIpc) is 2.92. The number of oxazole rings is 1. The van der Waals surface area contributed by atoms with E-state index in [0.717, 1.165) is 23.1 Å². The van der Waals surface area contributed by atoms with Crippen molar-refractivity contribution < 1.29 is 4.42 Å².